The van der Waals surface area contributed by atoms with Crippen LogP contribution in [-0.2, 0) is 0 Å². The maximum Gasteiger partial charge on any atom is 0.0722 e. The highest BCUT2D eigenvalue weighted by Crippen LogP contribution is 2.31. The highest BCUT2D eigenvalue weighted by atomic mass is 16.3. The molecule has 0 aromatic carbocycles. The van der Waals surface area contributed by atoms with Gasteiger partial charge in [0.15, 0.2) is 0 Å². The third-order valence-corrected chi connectivity index (χ3v) is 2.79. The molecule has 0 heterocycles. The number of aliphatic hydroxyl groups is 1. The number of nitrogens with zero attached hydrogens (tertiary/aromatic N) is 1. The summed E-state index contributed by atoms with van der Waals surface area (Å²) in [5, 5.41) is 18.2. The standard InChI is InChI=1S/C10H17NO/c1-2-3-8-4-5-9(7-11)10(12)6-8/h8-10,12H,2-6H2,1H3. The molecule has 0 radical (unpaired) electrons. The van der Waals surface area contributed by atoms with Crippen molar-refractivity contribution in [3.8, 4) is 6.07 Å². The Hall–Kier alpha value is -0.550. The second-order valence-corrected chi connectivity index (χ2v) is 3.77. The first-order valence-electron chi connectivity index (χ1n) is 4.85. The van der Waals surface area contributed by atoms with Crippen molar-refractivity contribution in [3.63, 3.8) is 0 Å². The van der Waals surface area contributed by atoms with Crippen molar-refractivity contribution in [2.75, 3.05) is 0 Å². The average Bonchev–Trinajstić information content (AvgIpc) is 2.05. The fourth-order valence-electron chi connectivity index (χ4n) is 2.05. The van der Waals surface area contributed by atoms with Crippen LogP contribution in [-0.4, -0.2) is 11.2 Å². The highest BCUT2D eigenvalue weighted by Gasteiger charge is 2.28. The van der Waals surface area contributed by atoms with Gasteiger partial charge >= 0.3 is 0 Å². The van der Waals surface area contributed by atoms with Gasteiger partial charge < -0.3 is 5.11 Å². The lowest BCUT2D eigenvalue weighted by atomic mass is 9.79. The van der Waals surface area contributed by atoms with Crippen LogP contribution in [0.5, 0.6) is 0 Å². The summed E-state index contributed by atoms with van der Waals surface area (Å²) in [5.74, 6) is 0.563. The van der Waals surface area contributed by atoms with E-state index in [1.54, 1.807) is 0 Å². The lowest BCUT2D eigenvalue weighted by Crippen LogP contribution is -2.28. The molecule has 68 valence electrons. The van der Waals surface area contributed by atoms with Crippen LogP contribution in [0, 0.1) is 23.2 Å². The van der Waals surface area contributed by atoms with Gasteiger partial charge in [0.1, 0.15) is 0 Å². The molecule has 0 spiro atoms. The van der Waals surface area contributed by atoms with Gasteiger partial charge in [0.05, 0.1) is 18.1 Å². The first-order valence-corrected chi connectivity index (χ1v) is 4.85. The smallest absolute Gasteiger partial charge is 0.0722 e. The first-order chi connectivity index (χ1) is 5.77. The Kier molecular flexibility index (Phi) is 3.55. The molecular formula is C10H17NO. The van der Waals surface area contributed by atoms with Crippen molar-refractivity contribution in [1.29, 1.82) is 5.26 Å². The van der Waals surface area contributed by atoms with Crippen LogP contribution in [0.2, 0.25) is 0 Å². The van der Waals surface area contributed by atoms with Crippen LogP contribution >= 0.6 is 0 Å². The monoisotopic (exact) mass is 167 g/mol. The Morgan fingerprint density at radius 2 is 2.25 bits per heavy atom. The minimum Gasteiger partial charge on any atom is -0.392 e. The van der Waals surface area contributed by atoms with Gasteiger partial charge in [0, 0.05) is 0 Å². The lowest BCUT2D eigenvalue weighted by Gasteiger charge is -2.29. The zero-order chi connectivity index (χ0) is 8.97. The highest BCUT2D eigenvalue weighted by molar-refractivity contribution is 4.92. The maximum atomic E-state index is 9.54. The lowest BCUT2D eigenvalue weighted by molar-refractivity contribution is 0.0664. The minimum atomic E-state index is -0.361. The molecule has 1 aliphatic rings. The Labute approximate surface area is 74.2 Å². The van der Waals surface area contributed by atoms with Crippen LogP contribution in [0.1, 0.15) is 39.0 Å². The van der Waals surface area contributed by atoms with Gasteiger partial charge in [-0.05, 0) is 25.2 Å². The Balaban J connectivity index is 2.36. The molecule has 1 rings (SSSR count). The van der Waals surface area contributed by atoms with Crippen LogP contribution in [0.4, 0.5) is 0 Å². The van der Waals surface area contributed by atoms with Crippen molar-refractivity contribution in [3.05, 3.63) is 0 Å². The number of rotatable bonds is 2. The minimum absolute atomic E-state index is 0.0990. The molecule has 1 aliphatic carbocycles. The van der Waals surface area contributed by atoms with Crippen molar-refractivity contribution < 1.29 is 5.11 Å². The zero-order valence-corrected chi connectivity index (χ0v) is 7.66. The fraction of sp³-hybridized carbons (Fsp3) is 0.900. The van der Waals surface area contributed by atoms with Gasteiger partial charge in [-0.15, -0.1) is 0 Å². The predicted molar refractivity (Wildman–Crippen MR) is 47.4 cm³/mol. The zero-order valence-electron chi connectivity index (χ0n) is 7.66. The van der Waals surface area contributed by atoms with E-state index in [0.29, 0.717) is 5.92 Å². The Morgan fingerprint density at radius 3 is 2.75 bits per heavy atom. The molecule has 1 saturated carbocycles. The summed E-state index contributed by atoms with van der Waals surface area (Å²) in [4.78, 5) is 0. The van der Waals surface area contributed by atoms with Crippen LogP contribution in [0.15, 0.2) is 0 Å². The molecule has 2 heteroatoms. The summed E-state index contributed by atoms with van der Waals surface area (Å²) >= 11 is 0. The van der Waals surface area contributed by atoms with E-state index >= 15 is 0 Å². The summed E-state index contributed by atoms with van der Waals surface area (Å²) in [7, 11) is 0. The largest absolute Gasteiger partial charge is 0.392 e. The van der Waals surface area contributed by atoms with E-state index < -0.39 is 0 Å². The first kappa shape index (κ1) is 9.54. The topological polar surface area (TPSA) is 44.0 Å². The summed E-state index contributed by atoms with van der Waals surface area (Å²) in [6.07, 6.45) is 4.89. The van der Waals surface area contributed by atoms with E-state index in [4.69, 9.17) is 5.26 Å². The second kappa shape index (κ2) is 4.47. The molecule has 0 bridgehead atoms. The van der Waals surface area contributed by atoms with Crippen molar-refractivity contribution in [2.45, 2.75) is 45.1 Å². The second-order valence-electron chi connectivity index (χ2n) is 3.77. The number of nitriles is 1. The average molecular weight is 167 g/mol. The molecule has 1 fully saturated rings. The third-order valence-electron chi connectivity index (χ3n) is 2.79. The molecule has 0 aromatic heterocycles. The fourth-order valence-corrected chi connectivity index (χ4v) is 2.05. The number of aliphatic hydroxyl groups excluding tert-OH is 1. The van der Waals surface area contributed by atoms with Crippen molar-refractivity contribution in [1.82, 2.24) is 0 Å². The molecule has 0 aromatic rings. The van der Waals surface area contributed by atoms with E-state index in [1.807, 2.05) is 0 Å². The van der Waals surface area contributed by atoms with E-state index in [0.717, 1.165) is 19.3 Å². The summed E-state index contributed by atoms with van der Waals surface area (Å²) < 4.78 is 0. The molecule has 1 N–H and O–H groups in total. The van der Waals surface area contributed by atoms with Crippen LogP contribution in [0.3, 0.4) is 0 Å². The quantitative estimate of drug-likeness (QED) is 0.684. The maximum absolute atomic E-state index is 9.54. The van der Waals surface area contributed by atoms with Crippen molar-refractivity contribution in [2.24, 2.45) is 11.8 Å². The van der Waals surface area contributed by atoms with Gasteiger partial charge in [-0.2, -0.15) is 5.26 Å². The van der Waals surface area contributed by atoms with Crippen LogP contribution < -0.4 is 0 Å². The van der Waals surface area contributed by atoms with E-state index in [2.05, 4.69) is 13.0 Å². The van der Waals surface area contributed by atoms with Gasteiger partial charge in [-0.1, -0.05) is 19.8 Å². The van der Waals surface area contributed by atoms with Crippen LogP contribution in [0.25, 0.3) is 0 Å². The van der Waals surface area contributed by atoms with Gasteiger partial charge in [-0.3, -0.25) is 0 Å². The molecule has 0 aliphatic heterocycles. The van der Waals surface area contributed by atoms with E-state index in [9.17, 15) is 5.11 Å². The normalized spacial score (nSPS) is 35.9. The molecule has 12 heavy (non-hydrogen) atoms. The Bertz CT molecular complexity index is 173. The Morgan fingerprint density at radius 1 is 1.50 bits per heavy atom. The third kappa shape index (κ3) is 2.22. The molecule has 3 atom stereocenters. The number of hydrogen-bond donors (Lipinski definition) is 1. The predicted octanol–water partition coefficient (Wildman–Crippen LogP) is 2.09. The summed E-state index contributed by atoms with van der Waals surface area (Å²) in [6.45, 7) is 2.17. The summed E-state index contributed by atoms with van der Waals surface area (Å²) in [6, 6.07) is 2.17. The molecule has 3 unspecified atom stereocenters. The van der Waals surface area contributed by atoms with Crippen molar-refractivity contribution >= 4 is 0 Å². The number of hydrogen-bond acceptors (Lipinski definition) is 2. The molecular weight excluding hydrogens is 150 g/mol. The van der Waals surface area contributed by atoms with Gasteiger partial charge in [0.2, 0.25) is 0 Å². The van der Waals surface area contributed by atoms with E-state index in [1.165, 1.54) is 12.8 Å². The van der Waals surface area contributed by atoms with E-state index in [-0.39, 0.29) is 12.0 Å². The van der Waals surface area contributed by atoms with Gasteiger partial charge in [-0.25, -0.2) is 0 Å². The molecule has 2 nitrogen and oxygen atoms in total. The molecule has 0 amide bonds. The summed E-state index contributed by atoms with van der Waals surface area (Å²) in [5.41, 5.74) is 0. The van der Waals surface area contributed by atoms with Gasteiger partial charge in [0.25, 0.3) is 0 Å². The SMILES string of the molecule is CCCC1CCC(C#N)C(O)C1. The molecule has 0 saturated heterocycles.